The van der Waals surface area contributed by atoms with Gasteiger partial charge in [-0.2, -0.15) is 0 Å². The number of likely N-dealkylation sites (N-methyl/N-ethyl adjacent to an activating group) is 1. The summed E-state index contributed by atoms with van der Waals surface area (Å²) in [6.07, 6.45) is 3.29. The summed E-state index contributed by atoms with van der Waals surface area (Å²) >= 11 is 0. The number of rotatable bonds is 5. The summed E-state index contributed by atoms with van der Waals surface area (Å²) in [4.78, 5) is 13.6. The molecule has 1 fully saturated rings. The second kappa shape index (κ2) is 5.63. The molecule has 0 bridgehead atoms. The number of carbonyl (C=O) groups is 1. The summed E-state index contributed by atoms with van der Waals surface area (Å²) in [7, 11) is -1.18. The summed E-state index contributed by atoms with van der Waals surface area (Å²) in [5.74, 6) is -0.0857. The van der Waals surface area contributed by atoms with Gasteiger partial charge >= 0.3 is 0 Å². The molecule has 0 saturated carbocycles. The lowest BCUT2D eigenvalue weighted by molar-refractivity contribution is -0.131. The molecular weight excluding hydrogens is 228 g/mol. The normalized spacial score (nSPS) is 21.4. The molecule has 1 rings (SSSR count). The number of nitrogens with one attached hydrogen (secondary N) is 1. The van der Waals surface area contributed by atoms with Crippen LogP contribution in [0.3, 0.4) is 0 Å². The number of amides is 1. The van der Waals surface area contributed by atoms with Crippen LogP contribution in [-0.2, 0) is 14.6 Å². The van der Waals surface area contributed by atoms with Crippen LogP contribution in [0.1, 0.15) is 19.3 Å². The highest BCUT2D eigenvalue weighted by Gasteiger charge is 2.28. The fraction of sp³-hybridized carbons (Fsp3) is 0.900. The van der Waals surface area contributed by atoms with E-state index in [0.717, 1.165) is 32.2 Å². The van der Waals surface area contributed by atoms with E-state index in [9.17, 15) is 13.2 Å². The van der Waals surface area contributed by atoms with Crippen molar-refractivity contribution in [2.45, 2.75) is 25.3 Å². The lowest BCUT2D eigenvalue weighted by Gasteiger charge is -2.24. The Kier molecular flexibility index (Phi) is 4.73. The molecule has 1 atom stereocenters. The molecule has 6 heteroatoms. The van der Waals surface area contributed by atoms with Crippen molar-refractivity contribution in [3.8, 4) is 0 Å². The summed E-state index contributed by atoms with van der Waals surface area (Å²) in [6.45, 7) is 1.54. The fourth-order valence-electron chi connectivity index (χ4n) is 2.03. The van der Waals surface area contributed by atoms with E-state index in [0.29, 0.717) is 0 Å². The minimum absolute atomic E-state index is 0.0387. The van der Waals surface area contributed by atoms with E-state index in [4.69, 9.17) is 0 Å². The maximum atomic E-state index is 11.8. The maximum absolute atomic E-state index is 11.8. The minimum Gasteiger partial charge on any atom is -0.338 e. The third-order valence-electron chi connectivity index (χ3n) is 2.82. The van der Waals surface area contributed by atoms with Gasteiger partial charge in [-0.05, 0) is 19.9 Å². The highest BCUT2D eigenvalue weighted by Crippen LogP contribution is 2.17. The van der Waals surface area contributed by atoms with E-state index in [1.807, 2.05) is 11.9 Å². The molecule has 1 aliphatic rings. The molecule has 0 radical (unpaired) electrons. The van der Waals surface area contributed by atoms with Crippen LogP contribution < -0.4 is 5.32 Å². The topological polar surface area (TPSA) is 66.5 Å². The summed E-state index contributed by atoms with van der Waals surface area (Å²) in [5.41, 5.74) is 0. The van der Waals surface area contributed by atoms with Crippen molar-refractivity contribution in [1.29, 1.82) is 0 Å². The van der Waals surface area contributed by atoms with Gasteiger partial charge in [-0.15, -0.1) is 0 Å². The van der Waals surface area contributed by atoms with Crippen molar-refractivity contribution in [3.63, 3.8) is 0 Å². The Morgan fingerprint density at radius 3 is 2.75 bits per heavy atom. The van der Waals surface area contributed by atoms with Gasteiger partial charge in [0.05, 0.1) is 5.75 Å². The fourth-order valence-corrected chi connectivity index (χ4v) is 2.57. The van der Waals surface area contributed by atoms with E-state index in [1.165, 1.54) is 0 Å². The zero-order chi connectivity index (χ0) is 12.2. The van der Waals surface area contributed by atoms with Crippen molar-refractivity contribution in [1.82, 2.24) is 10.2 Å². The van der Waals surface area contributed by atoms with Crippen molar-refractivity contribution in [2.24, 2.45) is 0 Å². The molecule has 94 valence electrons. The largest absolute Gasteiger partial charge is 0.338 e. The average Bonchev–Trinajstić information content (AvgIpc) is 2.62. The molecule has 1 aliphatic heterocycles. The first-order valence-electron chi connectivity index (χ1n) is 5.56. The third kappa shape index (κ3) is 4.09. The zero-order valence-electron chi connectivity index (χ0n) is 9.90. The predicted molar refractivity (Wildman–Crippen MR) is 63.0 cm³/mol. The zero-order valence-corrected chi connectivity index (χ0v) is 10.7. The molecule has 1 heterocycles. The molecule has 1 amide bonds. The molecule has 0 aromatic carbocycles. The van der Waals surface area contributed by atoms with Crippen LogP contribution in [-0.4, -0.2) is 57.4 Å². The molecule has 0 aliphatic carbocycles. The van der Waals surface area contributed by atoms with Gasteiger partial charge in [0.1, 0.15) is 9.84 Å². The van der Waals surface area contributed by atoms with Crippen LogP contribution in [0.5, 0.6) is 0 Å². The standard InChI is InChI=1S/C10H20N2O3S/c1-11-8-9-4-3-6-12(9)10(13)5-7-16(2,14)15/h9,11H,3-8H2,1-2H3. The Labute approximate surface area is 97.1 Å². The number of hydrogen-bond donors (Lipinski definition) is 1. The third-order valence-corrected chi connectivity index (χ3v) is 3.77. The van der Waals surface area contributed by atoms with Gasteiger partial charge in [0.25, 0.3) is 0 Å². The number of hydrogen-bond acceptors (Lipinski definition) is 4. The first kappa shape index (κ1) is 13.4. The lowest BCUT2D eigenvalue weighted by atomic mass is 10.2. The van der Waals surface area contributed by atoms with Crippen molar-refractivity contribution in [3.05, 3.63) is 0 Å². The summed E-state index contributed by atoms with van der Waals surface area (Å²) < 4.78 is 21.9. The highest BCUT2D eigenvalue weighted by atomic mass is 32.2. The Hall–Kier alpha value is -0.620. The van der Waals surface area contributed by atoms with Crippen molar-refractivity contribution >= 4 is 15.7 Å². The smallest absolute Gasteiger partial charge is 0.223 e. The van der Waals surface area contributed by atoms with Crippen LogP contribution in [0.2, 0.25) is 0 Å². The van der Waals surface area contributed by atoms with Gasteiger partial charge in [-0.3, -0.25) is 4.79 Å². The molecule has 0 aromatic rings. The molecule has 0 aromatic heterocycles. The van der Waals surface area contributed by atoms with E-state index >= 15 is 0 Å². The number of likely N-dealkylation sites (tertiary alicyclic amines) is 1. The second-order valence-electron chi connectivity index (χ2n) is 4.32. The Balaban J connectivity index is 2.47. The maximum Gasteiger partial charge on any atom is 0.223 e. The number of carbonyl (C=O) groups excluding carboxylic acids is 1. The van der Waals surface area contributed by atoms with Crippen LogP contribution in [0.4, 0.5) is 0 Å². The molecule has 5 nitrogen and oxygen atoms in total. The van der Waals surface area contributed by atoms with Crippen LogP contribution >= 0.6 is 0 Å². The number of sulfone groups is 1. The predicted octanol–water partition coefficient (Wildman–Crippen LogP) is -0.368. The van der Waals surface area contributed by atoms with Gasteiger partial charge in [-0.1, -0.05) is 0 Å². The van der Waals surface area contributed by atoms with E-state index in [2.05, 4.69) is 5.32 Å². The Bertz CT molecular complexity index is 340. The minimum atomic E-state index is -3.04. The molecule has 0 spiro atoms. The van der Waals surface area contributed by atoms with Crippen molar-refractivity contribution < 1.29 is 13.2 Å². The van der Waals surface area contributed by atoms with E-state index in [1.54, 1.807) is 0 Å². The summed E-state index contributed by atoms with van der Waals surface area (Å²) in [6, 6.07) is 0.233. The SMILES string of the molecule is CNCC1CCCN1C(=O)CCS(C)(=O)=O. The van der Waals surface area contributed by atoms with Crippen LogP contribution in [0.15, 0.2) is 0 Å². The van der Waals surface area contributed by atoms with Gasteiger partial charge < -0.3 is 10.2 Å². The highest BCUT2D eigenvalue weighted by molar-refractivity contribution is 7.90. The summed E-state index contributed by atoms with van der Waals surface area (Å²) in [5, 5.41) is 3.05. The van der Waals surface area contributed by atoms with E-state index in [-0.39, 0.29) is 24.1 Å². The van der Waals surface area contributed by atoms with Crippen LogP contribution in [0, 0.1) is 0 Å². The second-order valence-corrected chi connectivity index (χ2v) is 6.58. The Morgan fingerprint density at radius 1 is 1.50 bits per heavy atom. The first-order chi connectivity index (χ1) is 7.44. The molecule has 1 unspecified atom stereocenters. The van der Waals surface area contributed by atoms with E-state index < -0.39 is 9.84 Å². The molecule has 16 heavy (non-hydrogen) atoms. The monoisotopic (exact) mass is 248 g/mol. The quantitative estimate of drug-likeness (QED) is 0.721. The van der Waals surface area contributed by atoms with Crippen LogP contribution in [0.25, 0.3) is 0 Å². The van der Waals surface area contributed by atoms with Gasteiger partial charge in [0.2, 0.25) is 5.91 Å². The Morgan fingerprint density at radius 2 is 2.19 bits per heavy atom. The van der Waals surface area contributed by atoms with Gasteiger partial charge in [0.15, 0.2) is 0 Å². The van der Waals surface area contributed by atoms with Crippen molar-refractivity contribution in [2.75, 3.05) is 32.1 Å². The average molecular weight is 248 g/mol. The number of nitrogens with zero attached hydrogens (tertiary/aromatic N) is 1. The molecular formula is C10H20N2O3S. The molecule has 1 saturated heterocycles. The van der Waals surface area contributed by atoms with Gasteiger partial charge in [0, 0.05) is 31.8 Å². The molecule has 1 N–H and O–H groups in total. The van der Waals surface area contributed by atoms with Gasteiger partial charge in [-0.25, -0.2) is 8.42 Å². The first-order valence-corrected chi connectivity index (χ1v) is 7.62. The lowest BCUT2D eigenvalue weighted by Crippen LogP contribution is -2.41.